The van der Waals surface area contributed by atoms with Gasteiger partial charge < -0.3 is 4.74 Å². The Bertz CT molecular complexity index is 722. The van der Waals surface area contributed by atoms with Gasteiger partial charge in [0.1, 0.15) is 6.20 Å². The Morgan fingerprint density at radius 1 is 1.27 bits per heavy atom. The Kier molecular flexibility index (Phi) is 4.17. The molecule has 0 radical (unpaired) electrons. The SMILES string of the molecule is O=[N+]([O-])c1cnn(C2CCCCO2)c1C#Cc1ccccc1. The van der Waals surface area contributed by atoms with E-state index >= 15 is 0 Å². The van der Waals surface area contributed by atoms with Crippen LogP contribution in [0.4, 0.5) is 5.69 Å². The minimum absolute atomic E-state index is 0.0856. The maximum absolute atomic E-state index is 11.2. The summed E-state index contributed by atoms with van der Waals surface area (Å²) in [6.07, 6.45) is 3.78. The largest absolute Gasteiger partial charge is 0.356 e. The normalized spacial score (nSPS) is 17.5. The molecule has 3 rings (SSSR count). The smallest absolute Gasteiger partial charge is 0.322 e. The molecule has 1 unspecified atom stereocenters. The monoisotopic (exact) mass is 297 g/mol. The lowest BCUT2D eigenvalue weighted by atomic mass is 10.2. The minimum atomic E-state index is -0.457. The summed E-state index contributed by atoms with van der Waals surface area (Å²) >= 11 is 0. The van der Waals surface area contributed by atoms with Crippen LogP contribution in [0, 0.1) is 22.0 Å². The average Bonchev–Trinajstić information content (AvgIpc) is 2.99. The number of ether oxygens (including phenoxy) is 1. The predicted octanol–water partition coefficient (Wildman–Crippen LogP) is 2.89. The molecule has 0 spiro atoms. The molecule has 0 amide bonds. The van der Waals surface area contributed by atoms with Crippen LogP contribution < -0.4 is 0 Å². The van der Waals surface area contributed by atoms with E-state index in [2.05, 4.69) is 16.9 Å². The van der Waals surface area contributed by atoms with Gasteiger partial charge in [-0.2, -0.15) is 5.10 Å². The van der Waals surface area contributed by atoms with Crippen molar-refractivity contribution >= 4 is 5.69 Å². The second-order valence-corrected chi connectivity index (χ2v) is 5.02. The highest BCUT2D eigenvalue weighted by Gasteiger charge is 2.25. The summed E-state index contributed by atoms with van der Waals surface area (Å²) in [6.45, 7) is 0.643. The van der Waals surface area contributed by atoms with Crippen molar-refractivity contribution in [1.29, 1.82) is 0 Å². The van der Waals surface area contributed by atoms with E-state index in [-0.39, 0.29) is 11.9 Å². The van der Waals surface area contributed by atoms with E-state index in [1.54, 1.807) is 0 Å². The molecule has 22 heavy (non-hydrogen) atoms. The van der Waals surface area contributed by atoms with E-state index < -0.39 is 4.92 Å². The van der Waals surface area contributed by atoms with Crippen LogP contribution in [0.1, 0.15) is 36.7 Å². The van der Waals surface area contributed by atoms with Gasteiger partial charge in [-0.1, -0.05) is 24.1 Å². The molecule has 1 aliphatic rings. The number of hydrogen-bond acceptors (Lipinski definition) is 4. The van der Waals surface area contributed by atoms with Crippen LogP contribution in [-0.2, 0) is 4.74 Å². The quantitative estimate of drug-likeness (QED) is 0.485. The van der Waals surface area contributed by atoms with Gasteiger partial charge in [-0.05, 0) is 37.3 Å². The molecular weight excluding hydrogens is 282 g/mol. The Balaban J connectivity index is 1.98. The molecule has 112 valence electrons. The van der Waals surface area contributed by atoms with Crippen molar-refractivity contribution < 1.29 is 9.66 Å². The van der Waals surface area contributed by atoms with Gasteiger partial charge in [0, 0.05) is 12.2 Å². The number of hydrogen-bond donors (Lipinski definition) is 0. The first-order valence-corrected chi connectivity index (χ1v) is 7.16. The van der Waals surface area contributed by atoms with Crippen molar-refractivity contribution in [2.24, 2.45) is 0 Å². The topological polar surface area (TPSA) is 70.2 Å². The number of aromatic nitrogens is 2. The van der Waals surface area contributed by atoms with Crippen molar-refractivity contribution in [3.05, 3.63) is 57.9 Å². The number of nitrogens with zero attached hydrogens (tertiary/aromatic N) is 3. The van der Waals surface area contributed by atoms with Gasteiger partial charge in [-0.3, -0.25) is 10.1 Å². The fourth-order valence-electron chi connectivity index (χ4n) is 2.40. The molecule has 6 heteroatoms. The van der Waals surface area contributed by atoms with Crippen molar-refractivity contribution in [2.45, 2.75) is 25.5 Å². The third kappa shape index (κ3) is 3.00. The third-order valence-corrected chi connectivity index (χ3v) is 3.50. The lowest BCUT2D eigenvalue weighted by Crippen LogP contribution is -2.20. The zero-order valence-electron chi connectivity index (χ0n) is 11.9. The second-order valence-electron chi connectivity index (χ2n) is 5.02. The van der Waals surface area contributed by atoms with Gasteiger partial charge in [0.15, 0.2) is 11.9 Å². The molecule has 1 fully saturated rings. The summed E-state index contributed by atoms with van der Waals surface area (Å²) in [6, 6.07) is 9.36. The van der Waals surface area contributed by atoms with E-state index in [0.29, 0.717) is 12.3 Å². The predicted molar refractivity (Wildman–Crippen MR) is 80.1 cm³/mol. The fourth-order valence-corrected chi connectivity index (χ4v) is 2.40. The van der Waals surface area contributed by atoms with E-state index in [4.69, 9.17) is 4.74 Å². The molecule has 0 aliphatic carbocycles. The van der Waals surface area contributed by atoms with Gasteiger partial charge in [0.25, 0.3) is 0 Å². The highest BCUT2D eigenvalue weighted by Crippen LogP contribution is 2.27. The van der Waals surface area contributed by atoms with Gasteiger partial charge >= 0.3 is 5.69 Å². The molecule has 1 aliphatic heterocycles. The van der Waals surface area contributed by atoms with E-state index in [1.807, 2.05) is 30.3 Å². The summed E-state index contributed by atoms with van der Waals surface area (Å²) in [7, 11) is 0. The zero-order valence-corrected chi connectivity index (χ0v) is 11.9. The maximum Gasteiger partial charge on any atom is 0.322 e. The van der Waals surface area contributed by atoms with Crippen LogP contribution in [0.15, 0.2) is 36.5 Å². The van der Waals surface area contributed by atoms with Crippen LogP contribution in [0.25, 0.3) is 0 Å². The molecular formula is C16H15N3O3. The zero-order chi connectivity index (χ0) is 15.4. The molecule has 2 aromatic rings. The van der Waals surface area contributed by atoms with E-state index in [9.17, 15) is 10.1 Å². The van der Waals surface area contributed by atoms with Crippen LogP contribution in [0.2, 0.25) is 0 Å². The van der Waals surface area contributed by atoms with Crippen molar-refractivity contribution in [3.63, 3.8) is 0 Å². The second kappa shape index (κ2) is 6.41. The first-order valence-electron chi connectivity index (χ1n) is 7.16. The summed E-state index contributed by atoms with van der Waals surface area (Å²) < 4.78 is 7.19. The van der Waals surface area contributed by atoms with Crippen molar-refractivity contribution in [1.82, 2.24) is 9.78 Å². The van der Waals surface area contributed by atoms with Crippen LogP contribution in [0.3, 0.4) is 0 Å². The molecule has 2 heterocycles. The Hall–Kier alpha value is -2.65. The first-order chi connectivity index (χ1) is 10.8. The summed E-state index contributed by atoms with van der Waals surface area (Å²) in [5, 5.41) is 15.3. The Morgan fingerprint density at radius 2 is 2.09 bits per heavy atom. The fraction of sp³-hybridized carbons (Fsp3) is 0.312. The summed E-state index contributed by atoms with van der Waals surface area (Å²) in [5.41, 5.74) is 1.01. The van der Waals surface area contributed by atoms with Crippen molar-refractivity contribution in [2.75, 3.05) is 6.61 Å². The van der Waals surface area contributed by atoms with Gasteiger partial charge in [-0.15, -0.1) is 0 Å². The molecule has 1 aromatic carbocycles. The van der Waals surface area contributed by atoms with Gasteiger partial charge in [0.2, 0.25) is 0 Å². The molecule has 6 nitrogen and oxygen atoms in total. The van der Waals surface area contributed by atoms with Crippen molar-refractivity contribution in [3.8, 4) is 11.8 Å². The van der Waals surface area contributed by atoms with E-state index in [0.717, 1.165) is 24.8 Å². The van der Waals surface area contributed by atoms with Gasteiger partial charge in [0.05, 0.1) is 4.92 Å². The Morgan fingerprint density at radius 3 is 2.77 bits per heavy atom. The molecule has 0 saturated carbocycles. The molecule has 1 saturated heterocycles. The Labute approximate surface area is 127 Å². The molecule has 0 N–H and O–H groups in total. The number of nitro groups is 1. The lowest BCUT2D eigenvalue weighted by molar-refractivity contribution is -0.385. The maximum atomic E-state index is 11.2. The molecule has 1 aromatic heterocycles. The van der Waals surface area contributed by atoms with Crippen LogP contribution >= 0.6 is 0 Å². The summed E-state index contributed by atoms with van der Waals surface area (Å²) in [5.74, 6) is 5.84. The number of benzene rings is 1. The highest BCUT2D eigenvalue weighted by atomic mass is 16.6. The third-order valence-electron chi connectivity index (χ3n) is 3.50. The lowest BCUT2D eigenvalue weighted by Gasteiger charge is -2.23. The number of rotatable bonds is 2. The summed E-state index contributed by atoms with van der Waals surface area (Å²) in [4.78, 5) is 10.7. The van der Waals surface area contributed by atoms with Crippen LogP contribution in [-0.4, -0.2) is 21.3 Å². The first kappa shape index (κ1) is 14.3. The van der Waals surface area contributed by atoms with Crippen LogP contribution in [0.5, 0.6) is 0 Å². The average molecular weight is 297 g/mol. The standard InChI is InChI=1S/C16H15N3O3/c20-19(21)15-12-17-18(16-8-4-5-11-22-16)14(15)10-9-13-6-2-1-3-7-13/h1-3,6-7,12,16H,4-5,8,11H2. The van der Waals surface area contributed by atoms with Gasteiger partial charge in [-0.25, -0.2) is 4.68 Å². The minimum Gasteiger partial charge on any atom is -0.356 e. The van der Waals surface area contributed by atoms with E-state index in [1.165, 1.54) is 10.9 Å². The molecule has 1 atom stereocenters. The molecule has 0 bridgehead atoms. The highest BCUT2D eigenvalue weighted by molar-refractivity contribution is 5.49.